The molecule has 0 spiro atoms. The number of ketones is 1. The molecule has 0 aliphatic rings. The Balaban J connectivity index is 2.29. The molecule has 1 heterocycles. The highest BCUT2D eigenvalue weighted by Crippen LogP contribution is 2.27. The smallest absolute Gasteiger partial charge is 0.435 e. The van der Waals surface area contributed by atoms with E-state index in [1.165, 1.54) is 4.68 Å². The van der Waals surface area contributed by atoms with E-state index >= 15 is 0 Å². The molecule has 0 fully saturated rings. The van der Waals surface area contributed by atoms with E-state index in [1.54, 1.807) is 6.20 Å². The molecule has 0 saturated heterocycles. The van der Waals surface area contributed by atoms with E-state index in [4.69, 9.17) is 4.74 Å². The third-order valence-corrected chi connectivity index (χ3v) is 4.16. The van der Waals surface area contributed by atoms with Crippen LogP contribution < -0.4 is 0 Å². The van der Waals surface area contributed by atoms with Crippen LogP contribution in [0.15, 0.2) is 22.8 Å². The molecule has 0 bridgehead atoms. The van der Waals surface area contributed by atoms with Crippen LogP contribution in [-0.2, 0) is 16.0 Å². The largest absolute Gasteiger partial charge is 0.442 e. The first-order valence-electron chi connectivity index (χ1n) is 8.27. The van der Waals surface area contributed by atoms with Crippen LogP contribution in [-0.4, -0.2) is 27.3 Å². The Hall–Kier alpha value is -1.69. The number of halogens is 1. The number of nitrogens with zero attached hydrogens (tertiary/aromatic N) is 2. The SMILES string of the molecule is CC(C)(C)CC(=O)Cc1cc2cnn(C(=O)OC(C)(C)C)c2cc1Br. The summed E-state index contributed by atoms with van der Waals surface area (Å²) in [6, 6.07) is 3.71. The normalized spacial score (nSPS) is 12.4. The summed E-state index contributed by atoms with van der Waals surface area (Å²) in [6.45, 7) is 11.6. The van der Waals surface area contributed by atoms with Crippen LogP contribution in [0.25, 0.3) is 10.9 Å². The number of hydrogen-bond donors (Lipinski definition) is 0. The van der Waals surface area contributed by atoms with E-state index in [-0.39, 0.29) is 11.2 Å². The summed E-state index contributed by atoms with van der Waals surface area (Å²) in [4.78, 5) is 24.5. The third-order valence-electron chi connectivity index (χ3n) is 3.42. The van der Waals surface area contributed by atoms with Crippen molar-refractivity contribution in [3.8, 4) is 0 Å². The van der Waals surface area contributed by atoms with E-state index < -0.39 is 11.7 Å². The molecule has 0 amide bonds. The lowest BCUT2D eigenvalue weighted by atomic mass is 9.88. The van der Waals surface area contributed by atoms with Crippen LogP contribution in [0.1, 0.15) is 53.5 Å². The monoisotopic (exact) mass is 408 g/mol. The quantitative estimate of drug-likeness (QED) is 0.705. The van der Waals surface area contributed by atoms with Crippen molar-refractivity contribution in [2.45, 2.75) is 60.0 Å². The molecular formula is C19H25BrN2O3. The van der Waals surface area contributed by atoms with Crippen molar-refractivity contribution in [2.75, 3.05) is 0 Å². The van der Waals surface area contributed by atoms with Gasteiger partial charge in [0, 0.05) is 22.7 Å². The van der Waals surface area contributed by atoms with Gasteiger partial charge >= 0.3 is 6.09 Å². The van der Waals surface area contributed by atoms with Gasteiger partial charge < -0.3 is 4.74 Å². The van der Waals surface area contributed by atoms with E-state index in [2.05, 4.69) is 21.0 Å². The first-order valence-corrected chi connectivity index (χ1v) is 9.06. The van der Waals surface area contributed by atoms with Gasteiger partial charge in [0.15, 0.2) is 0 Å². The van der Waals surface area contributed by atoms with E-state index in [1.807, 2.05) is 53.7 Å². The summed E-state index contributed by atoms with van der Waals surface area (Å²) in [5.74, 6) is 0.187. The summed E-state index contributed by atoms with van der Waals surface area (Å²) in [5.41, 5.74) is 0.917. The predicted octanol–water partition coefficient (Wildman–Crippen LogP) is 5.13. The summed E-state index contributed by atoms with van der Waals surface area (Å²) >= 11 is 3.51. The zero-order valence-corrected chi connectivity index (χ0v) is 17.2. The molecule has 0 N–H and O–H groups in total. The zero-order valence-electron chi connectivity index (χ0n) is 15.6. The molecular weight excluding hydrogens is 384 g/mol. The van der Waals surface area contributed by atoms with Crippen molar-refractivity contribution < 1.29 is 14.3 Å². The topological polar surface area (TPSA) is 61.2 Å². The molecule has 2 rings (SSSR count). The minimum Gasteiger partial charge on any atom is -0.442 e. The van der Waals surface area contributed by atoms with Gasteiger partial charge in [0.1, 0.15) is 11.4 Å². The Bertz CT molecular complexity index is 810. The number of hydrogen-bond acceptors (Lipinski definition) is 4. The molecule has 0 saturated carbocycles. The maximum absolute atomic E-state index is 12.3. The van der Waals surface area contributed by atoms with Gasteiger partial charge in [-0.3, -0.25) is 4.79 Å². The minimum atomic E-state index is -0.591. The second-order valence-corrected chi connectivity index (χ2v) is 9.35. The van der Waals surface area contributed by atoms with E-state index in [0.29, 0.717) is 18.4 Å². The fourth-order valence-electron chi connectivity index (χ4n) is 2.55. The Morgan fingerprint density at radius 2 is 1.80 bits per heavy atom. The predicted molar refractivity (Wildman–Crippen MR) is 102 cm³/mol. The number of ether oxygens (including phenoxy) is 1. The molecule has 2 aromatic rings. The molecule has 0 radical (unpaired) electrons. The number of fused-ring (bicyclic) bond motifs is 1. The zero-order chi connectivity index (χ0) is 19.0. The molecule has 25 heavy (non-hydrogen) atoms. The second-order valence-electron chi connectivity index (χ2n) is 8.49. The highest BCUT2D eigenvalue weighted by molar-refractivity contribution is 9.10. The van der Waals surface area contributed by atoms with Crippen molar-refractivity contribution in [1.29, 1.82) is 0 Å². The molecule has 136 valence electrons. The molecule has 1 aromatic carbocycles. The van der Waals surface area contributed by atoms with Crippen molar-refractivity contribution in [3.05, 3.63) is 28.4 Å². The number of aromatic nitrogens is 2. The number of carbonyl (C=O) groups is 2. The highest BCUT2D eigenvalue weighted by atomic mass is 79.9. The fraction of sp³-hybridized carbons (Fsp3) is 0.526. The Labute approximate surface area is 156 Å². The van der Waals surface area contributed by atoms with Gasteiger partial charge in [0.25, 0.3) is 0 Å². The number of benzene rings is 1. The summed E-state index contributed by atoms with van der Waals surface area (Å²) < 4.78 is 7.40. The first kappa shape index (κ1) is 19.6. The molecule has 5 nitrogen and oxygen atoms in total. The number of carbonyl (C=O) groups excluding carboxylic acids is 2. The molecule has 0 aliphatic carbocycles. The van der Waals surface area contributed by atoms with Gasteiger partial charge in [-0.1, -0.05) is 36.7 Å². The number of Topliss-reactive ketones (excluding diaryl/α,β-unsaturated/α-hetero) is 1. The minimum absolute atomic E-state index is 0.0325. The summed E-state index contributed by atoms with van der Waals surface area (Å²) in [5, 5.41) is 4.94. The maximum Gasteiger partial charge on any atom is 0.435 e. The van der Waals surface area contributed by atoms with Crippen LogP contribution in [0, 0.1) is 5.41 Å². The molecule has 6 heteroatoms. The van der Waals surface area contributed by atoms with E-state index in [0.717, 1.165) is 15.4 Å². The van der Waals surface area contributed by atoms with Crippen LogP contribution in [0.2, 0.25) is 0 Å². The Kier molecular flexibility index (Phi) is 5.42. The van der Waals surface area contributed by atoms with Crippen LogP contribution >= 0.6 is 15.9 Å². The third kappa shape index (κ3) is 5.39. The van der Waals surface area contributed by atoms with Crippen molar-refractivity contribution in [3.63, 3.8) is 0 Å². The fourth-order valence-corrected chi connectivity index (χ4v) is 3.02. The van der Waals surface area contributed by atoms with Crippen molar-refractivity contribution in [2.24, 2.45) is 5.41 Å². The second kappa shape index (κ2) is 6.90. The average Bonchev–Trinajstić information content (AvgIpc) is 2.77. The lowest BCUT2D eigenvalue weighted by Crippen LogP contribution is -2.27. The van der Waals surface area contributed by atoms with Gasteiger partial charge in [-0.25, -0.2) is 4.79 Å². The van der Waals surface area contributed by atoms with Gasteiger partial charge in [0.05, 0.1) is 11.7 Å². The summed E-state index contributed by atoms with van der Waals surface area (Å²) in [6.07, 6.45) is 1.97. The van der Waals surface area contributed by atoms with Gasteiger partial charge in [-0.15, -0.1) is 0 Å². The number of rotatable bonds is 3. The molecule has 0 atom stereocenters. The van der Waals surface area contributed by atoms with Gasteiger partial charge in [-0.2, -0.15) is 9.78 Å². The van der Waals surface area contributed by atoms with Crippen molar-refractivity contribution >= 4 is 38.7 Å². The first-order chi connectivity index (χ1) is 11.4. The average molecular weight is 409 g/mol. The van der Waals surface area contributed by atoms with Crippen LogP contribution in [0.5, 0.6) is 0 Å². The molecule has 0 unspecified atom stereocenters. The van der Waals surface area contributed by atoms with Crippen molar-refractivity contribution in [1.82, 2.24) is 9.78 Å². The van der Waals surface area contributed by atoms with E-state index in [9.17, 15) is 9.59 Å². The lowest BCUT2D eigenvalue weighted by molar-refractivity contribution is -0.120. The maximum atomic E-state index is 12.3. The van der Waals surface area contributed by atoms with Crippen LogP contribution in [0.3, 0.4) is 0 Å². The summed E-state index contributed by atoms with van der Waals surface area (Å²) in [7, 11) is 0. The Morgan fingerprint density at radius 1 is 1.16 bits per heavy atom. The lowest BCUT2D eigenvalue weighted by Gasteiger charge is -2.19. The standard InChI is InChI=1S/C19H25BrN2O3/c1-18(2,3)10-14(23)8-12-7-13-11-21-22(16(13)9-15(12)20)17(24)25-19(4,5)6/h7,9,11H,8,10H2,1-6H3. The Morgan fingerprint density at radius 3 is 2.36 bits per heavy atom. The van der Waals surface area contributed by atoms with Gasteiger partial charge in [0.2, 0.25) is 0 Å². The molecule has 1 aromatic heterocycles. The van der Waals surface area contributed by atoms with Crippen LogP contribution in [0.4, 0.5) is 4.79 Å². The van der Waals surface area contributed by atoms with Gasteiger partial charge in [-0.05, 0) is 43.9 Å². The highest BCUT2D eigenvalue weighted by Gasteiger charge is 2.21. The molecule has 0 aliphatic heterocycles.